The number of rotatable bonds is 10. The van der Waals surface area contributed by atoms with E-state index in [-0.39, 0.29) is 17.9 Å². The van der Waals surface area contributed by atoms with Crippen LogP contribution in [-0.4, -0.2) is 92.0 Å². The molecule has 1 aromatic carbocycles. The molecule has 0 saturated carbocycles. The Bertz CT molecular complexity index is 953. The van der Waals surface area contributed by atoms with Crippen molar-refractivity contribution in [1.29, 1.82) is 0 Å². The van der Waals surface area contributed by atoms with Crippen molar-refractivity contribution in [2.75, 3.05) is 60.2 Å². The summed E-state index contributed by atoms with van der Waals surface area (Å²) in [5, 5.41) is 7.42. The molecule has 0 spiro atoms. The molecule has 10 heteroatoms. The fourth-order valence-electron chi connectivity index (χ4n) is 4.65. The molecule has 2 aliphatic heterocycles. The van der Waals surface area contributed by atoms with E-state index in [0.717, 1.165) is 70.8 Å². The number of nitrogens with one attached hydrogen (secondary N) is 1. The Labute approximate surface area is 206 Å². The number of morpholine rings is 1. The van der Waals surface area contributed by atoms with Gasteiger partial charge in [0.05, 0.1) is 34.0 Å². The van der Waals surface area contributed by atoms with Crippen LogP contribution in [0.4, 0.5) is 0 Å². The van der Waals surface area contributed by atoms with Gasteiger partial charge in [-0.3, -0.25) is 14.6 Å². The molecule has 0 aliphatic carbocycles. The molecular formula is C25H37N5O5. The lowest BCUT2D eigenvalue weighted by atomic mass is 9.95. The van der Waals surface area contributed by atoms with Crippen LogP contribution in [0.3, 0.4) is 0 Å². The van der Waals surface area contributed by atoms with E-state index in [0.29, 0.717) is 29.8 Å². The maximum atomic E-state index is 12.9. The molecule has 192 valence electrons. The number of methoxy groups -OCH3 is 2. The first-order valence-electron chi connectivity index (χ1n) is 12.5. The van der Waals surface area contributed by atoms with Gasteiger partial charge in [-0.15, -0.1) is 0 Å². The number of carbonyl (C=O) groups excluding carboxylic acids is 1. The highest BCUT2D eigenvalue weighted by Gasteiger charge is 2.28. The Morgan fingerprint density at radius 1 is 1.11 bits per heavy atom. The summed E-state index contributed by atoms with van der Waals surface area (Å²) in [5.74, 6) is 2.58. The number of carbonyl (C=O) groups is 1. The minimum absolute atomic E-state index is 0.0509. The molecule has 1 atom stereocenters. The summed E-state index contributed by atoms with van der Waals surface area (Å²) in [5.41, 5.74) is 0.801. The van der Waals surface area contributed by atoms with Crippen LogP contribution in [0.15, 0.2) is 22.7 Å². The summed E-state index contributed by atoms with van der Waals surface area (Å²) >= 11 is 0. The van der Waals surface area contributed by atoms with Crippen LogP contribution in [0.1, 0.15) is 32.1 Å². The third-order valence-corrected chi connectivity index (χ3v) is 6.85. The summed E-state index contributed by atoms with van der Waals surface area (Å²) in [7, 11) is 3.20. The lowest BCUT2D eigenvalue weighted by molar-refractivity contribution is -0.127. The van der Waals surface area contributed by atoms with Crippen molar-refractivity contribution in [2.45, 2.75) is 38.8 Å². The number of hydrogen-bond donors (Lipinski definition) is 1. The fraction of sp³-hybridized carbons (Fsp3) is 0.640. The third kappa shape index (κ3) is 6.71. The summed E-state index contributed by atoms with van der Waals surface area (Å²) in [6, 6.07) is 5.72. The van der Waals surface area contributed by atoms with E-state index < -0.39 is 0 Å². The van der Waals surface area contributed by atoms with Crippen molar-refractivity contribution >= 4 is 5.91 Å². The molecule has 4 rings (SSSR count). The molecule has 1 N–H and O–H groups in total. The number of amides is 1. The first-order valence-corrected chi connectivity index (χ1v) is 12.5. The summed E-state index contributed by atoms with van der Waals surface area (Å²) < 4.78 is 21.6. The fourth-order valence-corrected chi connectivity index (χ4v) is 4.65. The van der Waals surface area contributed by atoms with Crippen LogP contribution >= 0.6 is 0 Å². The predicted molar refractivity (Wildman–Crippen MR) is 130 cm³/mol. The molecule has 0 unspecified atom stereocenters. The second-order valence-electron chi connectivity index (χ2n) is 9.16. The molecule has 2 saturated heterocycles. The van der Waals surface area contributed by atoms with Gasteiger partial charge in [-0.1, -0.05) is 12.1 Å². The molecule has 10 nitrogen and oxygen atoms in total. The standard InChI is InChI=1S/C25H37N5O5/c1-4-20(16-30-11-13-34-14-12-30)26-25(31)18-7-9-29(10-8-18)17-23-27-24(28-35-23)19-5-6-21(32-2)22(15-19)33-3/h5-6,15,18,20H,4,7-14,16-17H2,1-3H3,(H,26,31)/t20-/m1/s1. The van der Waals surface area contributed by atoms with E-state index in [4.69, 9.17) is 18.7 Å². The van der Waals surface area contributed by atoms with Gasteiger partial charge < -0.3 is 24.1 Å². The van der Waals surface area contributed by atoms with Gasteiger partial charge >= 0.3 is 0 Å². The molecule has 2 aliphatic rings. The number of benzene rings is 1. The second-order valence-corrected chi connectivity index (χ2v) is 9.16. The highest BCUT2D eigenvalue weighted by molar-refractivity contribution is 5.79. The van der Waals surface area contributed by atoms with Crippen LogP contribution in [0.2, 0.25) is 0 Å². The summed E-state index contributed by atoms with van der Waals surface area (Å²) in [4.78, 5) is 22.1. The zero-order valence-corrected chi connectivity index (χ0v) is 21.0. The van der Waals surface area contributed by atoms with Crippen LogP contribution < -0.4 is 14.8 Å². The minimum atomic E-state index is 0.0509. The van der Waals surface area contributed by atoms with Gasteiger partial charge in [0, 0.05) is 37.2 Å². The minimum Gasteiger partial charge on any atom is -0.493 e. The number of aromatic nitrogens is 2. The Hall–Kier alpha value is -2.69. The molecule has 0 bridgehead atoms. The van der Waals surface area contributed by atoms with Crippen molar-refractivity contribution in [1.82, 2.24) is 25.3 Å². The van der Waals surface area contributed by atoms with E-state index in [1.54, 1.807) is 14.2 Å². The smallest absolute Gasteiger partial charge is 0.241 e. The predicted octanol–water partition coefficient (Wildman–Crippen LogP) is 2.19. The molecule has 35 heavy (non-hydrogen) atoms. The number of piperidine rings is 1. The van der Waals surface area contributed by atoms with E-state index in [9.17, 15) is 4.79 Å². The quantitative estimate of drug-likeness (QED) is 0.540. The number of ether oxygens (including phenoxy) is 3. The average molecular weight is 488 g/mol. The van der Waals surface area contributed by atoms with Crippen molar-refractivity contribution in [2.24, 2.45) is 5.92 Å². The molecule has 1 amide bonds. The third-order valence-electron chi connectivity index (χ3n) is 6.85. The highest BCUT2D eigenvalue weighted by Crippen LogP contribution is 2.31. The SMILES string of the molecule is CC[C@H](CN1CCOCC1)NC(=O)C1CCN(Cc2nc(-c3ccc(OC)c(OC)c3)no2)CC1. The second kappa shape index (κ2) is 12.3. The monoisotopic (exact) mass is 487 g/mol. The van der Waals surface area contributed by atoms with Gasteiger partial charge in [0.2, 0.25) is 17.6 Å². The summed E-state index contributed by atoms with van der Waals surface area (Å²) in [6.45, 7) is 8.68. The highest BCUT2D eigenvalue weighted by atomic mass is 16.5. The summed E-state index contributed by atoms with van der Waals surface area (Å²) in [6.07, 6.45) is 2.59. The normalized spacial score (nSPS) is 18.8. The lowest BCUT2D eigenvalue weighted by Gasteiger charge is -2.33. The van der Waals surface area contributed by atoms with E-state index in [1.807, 2.05) is 18.2 Å². The topological polar surface area (TPSA) is 102 Å². The van der Waals surface area contributed by atoms with Gasteiger partial charge in [0.25, 0.3) is 0 Å². The van der Waals surface area contributed by atoms with Crippen molar-refractivity contribution in [3.8, 4) is 22.9 Å². The molecule has 0 radical (unpaired) electrons. The average Bonchev–Trinajstić information content (AvgIpc) is 3.37. The zero-order valence-electron chi connectivity index (χ0n) is 21.0. The van der Waals surface area contributed by atoms with Crippen LogP contribution in [0.25, 0.3) is 11.4 Å². The van der Waals surface area contributed by atoms with E-state index >= 15 is 0 Å². The first kappa shape index (κ1) is 25.4. The van der Waals surface area contributed by atoms with Gasteiger partial charge in [-0.25, -0.2) is 0 Å². The first-order chi connectivity index (χ1) is 17.1. The zero-order chi connectivity index (χ0) is 24.6. The van der Waals surface area contributed by atoms with Gasteiger partial charge in [0.15, 0.2) is 11.5 Å². The van der Waals surface area contributed by atoms with Crippen LogP contribution in [0, 0.1) is 5.92 Å². The van der Waals surface area contributed by atoms with Crippen molar-refractivity contribution in [3.63, 3.8) is 0 Å². The largest absolute Gasteiger partial charge is 0.493 e. The number of likely N-dealkylation sites (tertiary alicyclic amines) is 1. The maximum Gasteiger partial charge on any atom is 0.241 e. The Kier molecular flexibility index (Phi) is 8.95. The maximum absolute atomic E-state index is 12.9. The van der Waals surface area contributed by atoms with Crippen LogP contribution in [-0.2, 0) is 16.1 Å². The Morgan fingerprint density at radius 3 is 2.54 bits per heavy atom. The van der Waals surface area contributed by atoms with Gasteiger partial charge in [-0.2, -0.15) is 4.98 Å². The molecule has 3 heterocycles. The Balaban J connectivity index is 1.25. The van der Waals surface area contributed by atoms with E-state index in [1.165, 1.54) is 0 Å². The molecule has 2 aromatic rings. The molecular weight excluding hydrogens is 450 g/mol. The lowest BCUT2D eigenvalue weighted by Crippen LogP contribution is -2.49. The number of nitrogens with zero attached hydrogens (tertiary/aromatic N) is 4. The van der Waals surface area contributed by atoms with Crippen molar-refractivity contribution < 1.29 is 23.5 Å². The van der Waals surface area contributed by atoms with Crippen molar-refractivity contribution in [3.05, 3.63) is 24.1 Å². The Morgan fingerprint density at radius 2 is 1.86 bits per heavy atom. The number of hydrogen-bond acceptors (Lipinski definition) is 9. The van der Waals surface area contributed by atoms with E-state index in [2.05, 4.69) is 32.2 Å². The molecule has 1 aromatic heterocycles. The van der Waals surface area contributed by atoms with Crippen LogP contribution in [0.5, 0.6) is 11.5 Å². The van der Waals surface area contributed by atoms with Gasteiger partial charge in [0.1, 0.15) is 0 Å². The molecule has 2 fully saturated rings. The van der Waals surface area contributed by atoms with Gasteiger partial charge in [-0.05, 0) is 50.6 Å².